The largest absolute Gasteiger partial charge is 0.391 e. The first-order valence-corrected chi connectivity index (χ1v) is 6.13. The summed E-state index contributed by atoms with van der Waals surface area (Å²) in [7, 11) is 0. The van der Waals surface area contributed by atoms with Gasteiger partial charge in [-0.05, 0) is 30.2 Å². The lowest BCUT2D eigenvalue weighted by atomic mass is 10.1. The number of aliphatic hydroxyl groups excluding tert-OH is 1. The van der Waals surface area contributed by atoms with Crippen LogP contribution in [-0.4, -0.2) is 14.9 Å². The number of nitrogens with zero attached hydrogens (tertiary/aromatic N) is 1. The Bertz CT molecular complexity index is 596. The van der Waals surface area contributed by atoms with Crippen LogP contribution < -0.4 is 5.56 Å². The Morgan fingerprint density at radius 3 is 2.39 bits per heavy atom. The highest BCUT2D eigenvalue weighted by Gasteiger charge is 2.16. The fraction of sp³-hybridized carbons (Fsp3) is 0.308. The summed E-state index contributed by atoms with van der Waals surface area (Å²) in [6.07, 6.45) is 0. The highest BCUT2D eigenvalue weighted by atomic mass is 35.5. The van der Waals surface area contributed by atoms with Crippen molar-refractivity contribution < 1.29 is 5.11 Å². The van der Waals surface area contributed by atoms with Crippen molar-refractivity contribution in [2.24, 2.45) is 0 Å². The van der Waals surface area contributed by atoms with Gasteiger partial charge in [0.25, 0.3) is 5.56 Å². The van der Waals surface area contributed by atoms with Crippen molar-refractivity contribution in [1.29, 1.82) is 0 Å². The van der Waals surface area contributed by atoms with Crippen molar-refractivity contribution in [3.8, 4) is 5.69 Å². The van der Waals surface area contributed by atoms with Gasteiger partial charge in [0.1, 0.15) is 0 Å². The van der Waals surface area contributed by atoms with Crippen LogP contribution in [0.3, 0.4) is 0 Å². The predicted octanol–water partition coefficient (Wildman–Crippen LogP) is 2.43. The molecule has 4 nitrogen and oxygen atoms in total. The second-order valence-electron chi connectivity index (χ2n) is 4.43. The highest BCUT2D eigenvalue weighted by Crippen LogP contribution is 2.17. The molecule has 1 aromatic heterocycles. The van der Waals surface area contributed by atoms with Crippen molar-refractivity contribution in [2.75, 3.05) is 0 Å². The smallest absolute Gasteiger partial charge is 0.277 e. The monoisotopic (exact) mass is 266 g/mol. The number of nitrogens with one attached hydrogen (secondary N) is 1. The molecule has 0 bridgehead atoms. The molecule has 0 radical (unpaired) electrons. The van der Waals surface area contributed by atoms with E-state index in [9.17, 15) is 9.90 Å². The van der Waals surface area contributed by atoms with Gasteiger partial charge in [0, 0.05) is 10.7 Å². The number of rotatable bonds is 3. The zero-order chi connectivity index (χ0) is 13.3. The normalized spacial score (nSPS) is 11.2. The highest BCUT2D eigenvalue weighted by molar-refractivity contribution is 6.30. The van der Waals surface area contributed by atoms with E-state index >= 15 is 0 Å². The van der Waals surface area contributed by atoms with Gasteiger partial charge in [0.2, 0.25) is 0 Å². The lowest BCUT2D eigenvalue weighted by Crippen LogP contribution is -2.17. The van der Waals surface area contributed by atoms with E-state index in [2.05, 4.69) is 5.10 Å². The summed E-state index contributed by atoms with van der Waals surface area (Å²) in [5.41, 5.74) is 1.66. The number of aromatic amines is 1. The summed E-state index contributed by atoms with van der Waals surface area (Å²) in [5, 5.41) is 13.0. The van der Waals surface area contributed by atoms with Crippen molar-refractivity contribution >= 4 is 11.6 Å². The minimum atomic E-state index is -0.260. The van der Waals surface area contributed by atoms with Crippen LogP contribution in [0, 0.1) is 0 Å². The molecule has 2 N–H and O–H groups in total. The summed E-state index contributed by atoms with van der Waals surface area (Å²) in [4.78, 5) is 12.1. The SMILES string of the molecule is CC(C)c1[nH]n(-c2ccc(Cl)cc2)c(=O)c1CO. The Hall–Kier alpha value is -1.52. The van der Waals surface area contributed by atoms with E-state index in [0.29, 0.717) is 16.3 Å². The van der Waals surface area contributed by atoms with Gasteiger partial charge in [-0.2, -0.15) is 0 Å². The molecule has 0 aliphatic heterocycles. The van der Waals surface area contributed by atoms with Crippen molar-refractivity contribution in [3.05, 3.63) is 50.9 Å². The van der Waals surface area contributed by atoms with E-state index in [4.69, 9.17) is 11.6 Å². The molecule has 5 heteroatoms. The van der Waals surface area contributed by atoms with E-state index in [1.165, 1.54) is 4.68 Å². The summed E-state index contributed by atoms with van der Waals surface area (Å²) < 4.78 is 1.43. The number of aromatic nitrogens is 2. The van der Waals surface area contributed by atoms with Gasteiger partial charge in [0.15, 0.2) is 0 Å². The quantitative estimate of drug-likeness (QED) is 0.896. The fourth-order valence-corrected chi connectivity index (χ4v) is 2.02. The molecule has 0 saturated heterocycles. The number of benzene rings is 1. The average Bonchev–Trinajstić information content (AvgIpc) is 2.67. The molecule has 1 heterocycles. The first-order valence-electron chi connectivity index (χ1n) is 5.75. The molecule has 0 saturated carbocycles. The summed E-state index contributed by atoms with van der Waals surface area (Å²) in [6.45, 7) is 3.68. The third kappa shape index (κ3) is 2.21. The molecule has 0 amide bonds. The maximum absolute atomic E-state index is 12.1. The molecule has 96 valence electrons. The van der Waals surface area contributed by atoms with Gasteiger partial charge in [-0.15, -0.1) is 0 Å². The van der Waals surface area contributed by atoms with Crippen LogP contribution in [0.2, 0.25) is 5.02 Å². The van der Waals surface area contributed by atoms with Crippen LogP contribution in [0.25, 0.3) is 5.69 Å². The second kappa shape index (κ2) is 5.00. The standard InChI is InChI=1S/C13H15ClN2O2/c1-8(2)12-11(7-17)13(18)16(15-12)10-5-3-9(14)4-6-10/h3-6,8,15,17H,7H2,1-2H3. The Morgan fingerprint density at radius 1 is 1.33 bits per heavy atom. The molecule has 2 rings (SSSR count). The van der Waals surface area contributed by atoms with Crippen LogP contribution in [0.5, 0.6) is 0 Å². The number of halogens is 1. The average molecular weight is 267 g/mol. The zero-order valence-electron chi connectivity index (χ0n) is 10.3. The van der Waals surface area contributed by atoms with Gasteiger partial charge in [0.05, 0.1) is 17.9 Å². The zero-order valence-corrected chi connectivity index (χ0v) is 11.0. The molecular weight excluding hydrogens is 252 g/mol. The molecule has 18 heavy (non-hydrogen) atoms. The molecule has 2 aromatic rings. The summed E-state index contributed by atoms with van der Waals surface area (Å²) >= 11 is 5.82. The molecule has 0 atom stereocenters. The van der Waals surface area contributed by atoms with Crippen LogP contribution in [0.15, 0.2) is 29.1 Å². The van der Waals surface area contributed by atoms with Gasteiger partial charge in [-0.25, -0.2) is 4.68 Å². The Labute approximate surface area is 110 Å². The lowest BCUT2D eigenvalue weighted by Gasteiger charge is -2.04. The van der Waals surface area contributed by atoms with E-state index in [1.54, 1.807) is 24.3 Å². The van der Waals surface area contributed by atoms with Crippen LogP contribution >= 0.6 is 11.6 Å². The van der Waals surface area contributed by atoms with Crippen molar-refractivity contribution in [2.45, 2.75) is 26.4 Å². The summed E-state index contributed by atoms with van der Waals surface area (Å²) in [5.74, 6) is 0.147. The first-order chi connectivity index (χ1) is 8.54. The second-order valence-corrected chi connectivity index (χ2v) is 4.87. The maximum Gasteiger partial charge on any atom is 0.277 e. The number of hydrogen-bond donors (Lipinski definition) is 2. The van der Waals surface area contributed by atoms with Gasteiger partial charge in [-0.3, -0.25) is 9.89 Å². The number of H-pyrrole nitrogens is 1. The molecule has 0 aliphatic rings. The van der Waals surface area contributed by atoms with Crippen molar-refractivity contribution in [3.63, 3.8) is 0 Å². The van der Waals surface area contributed by atoms with E-state index in [0.717, 1.165) is 5.69 Å². The van der Waals surface area contributed by atoms with Gasteiger partial charge in [-0.1, -0.05) is 25.4 Å². The maximum atomic E-state index is 12.1. The lowest BCUT2D eigenvalue weighted by molar-refractivity contribution is 0.279. The molecule has 1 aromatic carbocycles. The van der Waals surface area contributed by atoms with Crippen LogP contribution in [0.1, 0.15) is 31.0 Å². The van der Waals surface area contributed by atoms with Gasteiger partial charge < -0.3 is 5.11 Å². The van der Waals surface area contributed by atoms with Crippen LogP contribution in [-0.2, 0) is 6.61 Å². The minimum Gasteiger partial charge on any atom is -0.391 e. The van der Waals surface area contributed by atoms with E-state index in [-0.39, 0.29) is 18.1 Å². The Balaban J connectivity index is 2.59. The van der Waals surface area contributed by atoms with E-state index < -0.39 is 0 Å². The topological polar surface area (TPSA) is 58.0 Å². The van der Waals surface area contributed by atoms with Crippen molar-refractivity contribution in [1.82, 2.24) is 9.78 Å². The first kappa shape index (κ1) is 12.9. The Morgan fingerprint density at radius 2 is 1.94 bits per heavy atom. The number of hydrogen-bond acceptors (Lipinski definition) is 2. The third-order valence-electron chi connectivity index (χ3n) is 2.84. The molecule has 0 unspecified atom stereocenters. The molecule has 0 fully saturated rings. The van der Waals surface area contributed by atoms with Gasteiger partial charge >= 0.3 is 0 Å². The van der Waals surface area contributed by atoms with E-state index in [1.807, 2.05) is 13.8 Å². The minimum absolute atomic E-state index is 0.147. The fourth-order valence-electron chi connectivity index (χ4n) is 1.89. The molecule has 0 spiro atoms. The predicted molar refractivity (Wildman–Crippen MR) is 71.4 cm³/mol. The molecule has 0 aliphatic carbocycles. The molecular formula is C13H15ClN2O2. The Kier molecular flexibility index (Phi) is 3.59. The number of aliphatic hydroxyl groups is 1. The van der Waals surface area contributed by atoms with Crippen LogP contribution in [0.4, 0.5) is 0 Å². The third-order valence-corrected chi connectivity index (χ3v) is 3.09. The summed E-state index contributed by atoms with van der Waals surface area (Å²) in [6, 6.07) is 6.95.